The molecule has 0 aromatic rings. The number of carbonyl (C=O) groups is 1. The molecule has 0 aliphatic rings. The van der Waals surface area contributed by atoms with Gasteiger partial charge < -0.3 is 7.95 Å². The van der Waals surface area contributed by atoms with Gasteiger partial charge >= 0.3 is 15.9 Å². The van der Waals surface area contributed by atoms with Crippen molar-refractivity contribution in [3.05, 3.63) is 0 Å². The van der Waals surface area contributed by atoms with Gasteiger partial charge in [0.15, 0.2) is 0 Å². The molecular weight excluding hydrogens is 99.0 g/mol. The van der Waals surface area contributed by atoms with Crippen LogP contribution in [0.1, 0.15) is 6.92 Å². The lowest BCUT2D eigenvalue weighted by Crippen LogP contribution is -2.01. The molecule has 0 aliphatic heterocycles. The molecule has 1 N–H and O–H groups in total. The van der Waals surface area contributed by atoms with Crippen molar-refractivity contribution in [1.29, 1.82) is 0 Å². The van der Waals surface area contributed by atoms with Crippen LogP contribution in [0.2, 0.25) is 0 Å². The van der Waals surface area contributed by atoms with Crippen LogP contribution in [0, 0.1) is 0 Å². The molecule has 0 spiro atoms. The van der Waals surface area contributed by atoms with Crippen LogP contribution in [0.4, 0.5) is 0 Å². The van der Waals surface area contributed by atoms with Gasteiger partial charge in [-0.1, -0.05) is 0 Å². The van der Waals surface area contributed by atoms with Crippen molar-refractivity contribution in [3.8, 4) is 0 Å². The van der Waals surface area contributed by atoms with Crippen molar-refractivity contribution >= 4 is 21.9 Å². The van der Waals surface area contributed by atoms with E-state index in [4.69, 9.17) is 4.16 Å². The van der Waals surface area contributed by atoms with Crippen molar-refractivity contribution in [1.82, 2.24) is 0 Å². The fourth-order valence-corrected chi connectivity index (χ4v) is 0.273. The van der Waals surface area contributed by atoms with E-state index in [9.17, 15) is 4.79 Å². The summed E-state index contributed by atoms with van der Waals surface area (Å²) in [6.45, 7) is 1.27. The first-order chi connectivity index (χ1) is 2.77. The Hall–Kier alpha value is -0.0375. The summed E-state index contributed by atoms with van der Waals surface area (Å²) in [5, 5.41) is 0. The van der Waals surface area contributed by atoms with Crippen molar-refractivity contribution in [2.24, 2.45) is 0 Å². The minimum atomic E-state index is -1.48. The van der Waals surface area contributed by atoms with Crippen LogP contribution < -0.4 is 0 Å². The monoisotopic (exact) mass is 104 g/mol. The largest absolute Gasteiger partial charge is 0.739 e. The molecule has 0 heterocycles. The lowest BCUT2D eigenvalue weighted by atomic mass is 10.9. The maximum Gasteiger partial charge on any atom is 0.739 e. The quantitative estimate of drug-likeness (QED) is 0.425. The Morgan fingerprint density at radius 1 is 2.00 bits per heavy atom. The molecule has 34 valence electrons. The van der Waals surface area contributed by atoms with Gasteiger partial charge in [0.1, 0.15) is 0 Å². The predicted molar refractivity (Wildman–Crippen MR) is 21.1 cm³/mol. The Morgan fingerprint density at radius 3 is 2.50 bits per heavy atom. The molecule has 0 saturated carbocycles. The SMILES string of the molecule is CC(=O)[O][AlH][OH]. The summed E-state index contributed by atoms with van der Waals surface area (Å²) in [4.78, 5) is 9.70. The zero-order valence-corrected chi connectivity index (χ0v) is 4.89. The van der Waals surface area contributed by atoms with Crippen LogP contribution in [0.5, 0.6) is 0 Å². The fraction of sp³-hybridized carbons (Fsp3) is 0.500. The van der Waals surface area contributed by atoms with Gasteiger partial charge in [0.25, 0.3) is 5.97 Å². The van der Waals surface area contributed by atoms with E-state index in [1.807, 2.05) is 0 Å². The molecule has 0 bridgehead atoms. The molecule has 0 atom stereocenters. The Labute approximate surface area is 42.3 Å². The summed E-state index contributed by atoms with van der Waals surface area (Å²) in [5.74, 6) is -0.399. The molecule has 0 aromatic carbocycles. The van der Waals surface area contributed by atoms with E-state index in [2.05, 4.69) is 3.79 Å². The van der Waals surface area contributed by atoms with Crippen LogP contribution in [0.15, 0.2) is 0 Å². The van der Waals surface area contributed by atoms with Crippen molar-refractivity contribution < 1.29 is 12.7 Å². The normalized spacial score (nSPS) is 7.00. The highest BCUT2D eigenvalue weighted by atomic mass is 27.2. The Bertz CT molecular complexity index is 52.8. The standard InChI is InChI=1S/C2H4O2.Al.H2O.H/c1-2(3)4;;;/h1H3,(H,3,4);;1H2;/q;+2;;/p-2. The van der Waals surface area contributed by atoms with Crippen LogP contribution in [0.3, 0.4) is 0 Å². The highest BCUT2D eigenvalue weighted by Gasteiger charge is 1.90. The zero-order valence-electron chi connectivity index (χ0n) is 3.47. The average Bonchev–Trinajstić information content (AvgIpc) is 1.35. The van der Waals surface area contributed by atoms with Gasteiger partial charge in [-0.25, -0.2) is 0 Å². The first kappa shape index (κ1) is 5.96. The van der Waals surface area contributed by atoms with E-state index in [-0.39, 0.29) is 0 Å². The summed E-state index contributed by atoms with van der Waals surface area (Å²) < 4.78 is 12.0. The Kier molecular flexibility index (Phi) is 3.14. The molecule has 0 fully saturated rings. The van der Waals surface area contributed by atoms with Gasteiger partial charge in [-0.2, -0.15) is 0 Å². The zero-order chi connectivity index (χ0) is 4.99. The average molecular weight is 104 g/mol. The van der Waals surface area contributed by atoms with Gasteiger partial charge in [0.2, 0.25) is 0 Å². The molecule has 0 aliphatic carbocycles. The Morgan fingerprint density at radius 2 is 2.50 bits per heavy atom. The maximum atomic E-state index is 9.70. The van der Waals surface area contributed by atoms with Crippen molar-refractivity contribution in [2.45, 2.75) is 6.92 Å². The second-order valence-electron chi connectivity index (χ2n) is 0.765. The number of carbonyl (C=O) groups excluding carboxylic acids is 1. The molecule has 0 unspecified atom stereocenters. The van der Waals surface area contributed by atoms with Gasteiger partial charge in [-0.3, -0.25) is 4.79 Å². The predicted octanol–water partition coefficient (Wildman–Crippen LogP) is -1.19. The highest BCUT2D eigenvalue weighted by Crippen LogP contribution is 1.64. The van der Waals surface area contributed by atoms with E-state index < -0.39 is 21.9 Å². The van der Waals surface area contributed by atoms with Gasteiger partial charge in [-0.15, -0.1) is 0 Å². The molecule has 4 heteroatoms. The van der Waals surface area contributed by atoms with Crippen molar-refractivity contribution in [2.75, 3.05) is 0 Å². The molecule has 0 amide bonds. The van der Waals surface area contributed by atoms with E-state index >= 15 is 0 Å². The molecule has 3 nitrogen and oxygen atoms in total. The summed E-state index contributed by atoms with van der Waals surface area (Å²) in [7, 11) is 0. The smallest absolute Gasteiger partial charge is 0.598 e. The van der Waals surface area contributed by atoms with Crippen molar-refractivity contribution in [3.63, 3.8) is 0 Å². The lowest BCUT2D eigenvalue weighted by molar-refractivity contribution is -0.132. The second-order valence-corrected chi connectivity index (χ2v) is 1.31. The number of hydrogen-bond acceptors (Lipinski definition) is 3. The van der Waals surface area contributed by atoms with Gasteiger partial charge in [-0.05, 0) is 0 Å². The topological polar surface area (TPSA) is 46.5 Å². The lowest BCUT2D eigenvalue weighted by Gasteiger charge is -1.88. The third kappa shape index (κ3) is 3.96. The molecule has 0 rings (SSSR count). The fourth-order valence-electron chi connectivity index (χ4n) is 0.0909. The van der Waals surface area contributed by atoms with Crippen LogP contribution in [0.25, 0.3) is 0 Å². The maximum absolute atomic E-state index is 9.70. The summed E-state index contributed by atoms with van der Waals surface area (Å²) in [5.41, 5.74) is 0. The minimum absolute atomic E-state index is 0.399. The number of rotatable bonds is 1. The molecule has 0 saturated heterocycles. The molecule has 0 radical (unpaired) electrons. The summed E-state index contributed by atoms with van der Waals surface area (Å²) >= 11 is -1.48. The van der Waals surface area contributed by atoms with Crippen LogP contribution in [-0.2, 0) is 8.58 Å². The second kappa shape index (κ2) is 3.16. The van der Waals surface area contributed by atoms with Gasteiger partial charge in [0.05, 0.1) is 0 Å². The first-order valence-electron chi connectivity index (χ1n) is 1.51. The summed E-state index contributed by atoms with van der Waals surface area (Å²) in [6.07, 6.45) is 0. The molecular formula is C2H5AlO3. The van der Waals surface area contributed by atoms with Crippen LogP contribution in [-0.4, -0.2) is 26.0 Å². The summed E-state index contributed by atoms with van der Waals surface area (Å²) in [6, 6.07) is 0. The van der Waals surface area contributed by atoms with E-state index in [1.54, 1.807) is 0 Å². The number of hydrogen-bond donors (Lipinski definition) is 1. The molecule has 0 aromatic heterocycles. The minimum Gasteiger partial charge on any atom is -0.598 e. The highest BCUT2D eigenvalue weighted by molar-refractivity contribution is 6.20. The van der Waals surface area contributed by atoms with E-state index in [0.29, 0.717) is 0 Å². The Balaban J connectivity index is 2.83. The first-order valence-corrected chi connectivity index (χ1v) is 2.72. The third-order valence-electron chi connectivity index (χ3n) is 0.268. The van der Waals surface area contributed by atoms with E-state index in [0.717, 1.165) is 0 Å². The third-order valence-corrected chi connectivity index (χ3v) is 0.803. The van der Waals surface area contributed by atoms with Crippen LogP contribution >= 0.6 is 0 Å². The van der Waals surface area contributed by atoms with Gasteiger partial charge in [0, 0.05) is 6.92 Å². The van der Waals surface area contributed by atoms with E-state index in [1.165, 1.54) is 6.92 Å². The molecule has 6 heavy (non-hydrogen) atoms.